The van der Waals surface area contributed by atoms with Gasteiger partial charge in [-0.2, -0.15) is 0 Å². The van der Waals surface area contributed by atoms with E-state index >= 15 is 0 Å². The molecule has 0 aliphatic carbocycles. The van der Waals surface area contributed by atoms with Crippen LogP contribution in [0.5, 0.6) is 0 Å². The Morgan fingerprint density at radius 3 is 2.92 bits per heavy atom. The Balaban J connectivity index is 1.63. The number of pyridine rings is 1. The summed E-state index contributed by atoms with van der Waals surface area (Å²) in [6, 6.07) is 1.69. The number of hydrogen-bond donors (Lipinski definition) is 1. The van der Waals surface area contributed by atoms with Gasteiger partial charge in [0, 0.05) is 32.9 Å². The summed E-state index contributed by atoms with van der Waals surface area (Å²) < 4.78 is 5.72. The van der Waals surface area contributed by atoms with E-state index in [0.29, 0.717) is 28.8 Å². The van der Waals surface area contributed by atoms with Gasteiger partial charge in [-0.25, -0.2) is 4.98 Å². The Bertz CT molecular complexity index is 752. The summed E-state index contributed by atoms with van der Waals surface area (Å²) in [6.07, 6.45) is 4.88. The van der Waals surface area contributed by atoms with Gasteiger partial charge in [0.25, 0.3) is 5.91 Å². The highest BCUT2D eigenvalue weighted by Gasteiger charge is 2.20. The maximum absolute atomic E-state index is 12.5. The second kappa shape index (κ2) is 9.50. The van der Waals surface area contributed by atoms with Gasteiger partial charge in [-0.05, 0) is 37.1 Å². The molecule has 0 aromatic carbocycles. The molecule has 3 rings (SSSR count). The fourth-order valence-corrected chi connectivity index (χ4v) is 4.50. The van der Waals surface area contributed by atoms with E-state index in [4.69, 9.17) is 16.3 Å². The third-order valence-corrected chi connectivity index (χ3v) is 6.22. The molecule has 2 aromatic heterocycles. The molecule has 1 N–H and O–H groups in total. The zero-order chi connectivity index (χ0) is 18.4. The lowest BCUT2D eigenvalue weighted by atomic mass is 10.1. The molecule has 2 aromatic rings. The van der Waals surface area contributed by atoms with Gasteiger partial charge in [0.1, 0.15) is 5.03 Å². The minimum Gasteiger partial charge on any atom is -0.383 e. The van der Waals surface area contributed by atoms with Gasteiger partial charge in [0.15, 0.2) is 4.34 Å². The number of halogens is 1. The average molecular weight is 414 g/mol. The van der Waals surface area contributed by atoms with Crippen LogP contribution in [0.25, 0.3) is 0 Å². The predicted octanol–water partition coefficient (Wildman–Crippen LogP) is 3.42. The molecule has 0 spiro atoms. The Hall–Kier alpha value is -1.42. The molecule has 0 atom stereocenters. The summed E-state index contributed by atoms with van der Waals surface area (Å²) in [7, 11) is 1.65. The monoisotopic (exact) mass is 413 g/mol. The van der Waals surface area contributed by atoms with Crippen LogP contribution in [0.3, 0.4) is 0 Å². The Kier molecular flexibility index (Phi) is 7.07. The minimum absolute atomic E-state index is 0.00352. The van der Waals surface area contributed by atoms with E-state index in [-0.39, 0.29) is 5.91 Å². The number of ether oxygens (including phenoxy) is 1. The first-order valence-electron chi connectivity index (χ1n) is 8.36. The van der Waals surface area contributed by atoms with Crippen molar-refractivity contribution >= 4 is 45.7 Å². The molecule has 3 heterocycles. The lowest BCUT2D eigenvalue weighted by Gasteiger charge is -2.26. The molecule has 1 aliphatic heterocycles. The van der Waals surface area contributed by atoms with Gasteiger partial charge < -0.3 is 15.0 Å². The number of methoxy groups -OCH3 is 1. The molecule has 10 heteroatoms. The van der Waals surface area contributed by atoms with Crippen LogP contribution in [0.15, 0.2) is 21.6 Å². The van der Waals surface area contributed by atoms with E-state index in [1.165, 1.54) is 29.5 Å². The molecule has 26 heavy (non-hydrogen) atoms. The van der Waals surface area contributed by atoms with Crippen LogP contribution in [-0.4, -0.2) is 59.3 Å². The van der Waals surface area contributed by atoms with E-state index < -0.39 is 0 Å². The summed E-state index contributed by atoms with van der Waals surface area (Å²) in [4.78, 5) is 18.8. The van der Waals surface area contributed by atoms with Gasteiger partial charge >= 0.3 is 0 Å². The molecule has 1 amide bonds. The Morgan fingerprint density at radius 2 is 2.19 bits per heavy atom. The summed E-state index contributed by atoms with van der Waals surface area (Å²) in [5, 5.41) is 13.1. The summed E-state index contributed by atoms with van der Waals surface area (Å²) in [5.74, 6) is -0.00352. The first-order chi connectivity index (χ1) is 12.7. The van der Waals surface area contributed by atoms with Crippen molar-refractivity contribution in [2.45, 2.75) is 28.6 Å². The second-order valence-electron chi connectivity index (χ2n) is 5.76. The number of carbonyl (C=O) groups is 1. The molecule has 1 aliphatic rings. The first kappa shape index (κ1) is 19.3. The predicted molar refractivity (Wildman–Crippen MR) is 103 cm³/mol. The van der Waals surface area contributed by atoms with Crippen LogP contribution in [0.2, 0.25) is 5.02 Å². The second-order valence-corrected chi connectivity index (χ2v) is 8.38. The molecule has 7 nitrogen and oxygen atoms in total. The van der Waals surface area contributed by atoms with Crippen LogP contribution < -0.4 is 5.32 Å². The average Bonchev–Trinajstić information content (AvgIpc) is 3.11. The van der Waals surface area contributed by atoms with Crippen molar-refractivity contribution in [1.82, 2.24) is 20.1 Å². The molecule has 140 valence electrons. The zero-order valence-corrected chi connectivity index (χ0v) is 16.8. The van der Waals surface area contributed by atoms with Gasteiger partial charge in [-0.1, -0.05) is 22.9 Å². The van der Waals surface area contributed by atoms with E-state index in [1.54, 1.807) is 19.4 Å². The zero-order valence-electron chi connectivity index (χ0n) is 14.4. The van der Waals surface area contributed by atoms with Crippen LogP contribution in [0.1, 0.15) is 29.6 Å². The van der Waals surface area contributed by atoms with Crippen LogP contribution >= 0.6 is 34.7 Å². The minimum atomic E-state index is -0.00352. The lowest BCUT2D eigenvalue weighted by molar-refractivity contribution is 0.0724. The van der Waals surface area contributed by atoms with Crippen molar-refractivity contribution in [3.8, 4) is 0 Å². The fraction of sp³-hybridized carbons (Fsp3) is 0.500. The van der Waals surface area contributed by atoms with Gasteiger partial charge in [0.05, 0.1) is 17.2 Å². The number of carbonyl (C=O) groups excluding carboxylic acids is 1. The maximum atomic E-state index is 12.5. The number of aromatic nitrogens is 3. The molecule has 1 saturated heterocycles. The molecular formula is C16H20ClN5O2S2. The van der Waals surface area contributed by atoms with Crippen LogP contribution in [0, 0.1) is 0 Å². The number of nitrogens with one attached hydrogen (secondary N) is 1. The van der Waals surface area contributed by atoms with Crippen LogP contribution in [-0.2, 0) is 4.74 Å². The number of hydrogen-bond acceptors (Lipinski definition) is 8. The van der Waals surface area contributed by atoms with Gasteiger partial charge in [-0.3, -0.25) is 4.79 Å². The molecule has 0 saturated carbocycles. The normalized spacial score (nSPS) is 14.5. The highest BCUT2D eigenvalue weighted by atomic mass is 35.5. The highest BCUT2D eigenvalue weighted by Crippen LogP contribution is 2.35. The fourth-order valence-electron chi connectivity index (χ4n) is 2.56. The molecule has 1 fully saturated rings. The van der Waals surface area contributed by atoms with E-state index in [9.17, 15) is 4.79 Å². The molecule has 0 unspecified atom stereocenters. The molecular weight excluding hydrogens is 394 g/mol. The summed E-state index contributed by atoms with van der Waals surface area (Å²) >= 11 is 9.10. The third-order valence-electron chi connectivity index (χ3n) is 3.87. The standard InChI is InChI=1S/C16H20ClN5O2S2/c1-24-8-5-18-15-20-21-16(26-15)25-13-12(17)9-11(10-19-13)14(23)22-6-3-2-4-7-22/h9-10H,2-8H2,1H3,(H,18,20). The summed E-state index contributed by atoms with van der Waals surface area (Å²) in [6.45, 7) is 2.87. The number of anilines is 1. The van der Waals surface area contributed by atoms with E-state index in [0.717, 1.165) is 35.4 Å². The largest absolute Gasteiger partial charge is 0.383 e. The highest BCUT2D eigenvalue weighted by molar-refractivity contribution is 8.01. The van der Waals surface area contributed by atoms with Crippen molar-refractivity contribution in [2.75, 3.05) is 38.7 Å². The van der Waals surface area contributed by atoms with Crippen LogP contribution in [0.4, 0.5) is 5.13 Å². The number of rotatable bonds is 7. The van der Waals surface area contributed by atoms with E-state index in [2.05, 4.69) is 20.5 Å². The topological polar surface area (TPSA) is 80.2 Å². The Labute approximate surface area is 165 Å². The quantitative estimate of drug-likeness (QED) is 0.696. The van der Waals surface area contributed by atoms with E-state index in [1.807, 2.05) is 4.90 Å². The molecule has 0 radical (unpaired) electrons. The number of piperidine rings is 1. The molecule has 0 bridgehead atoms. The number of likely N-dealkylation sites (tertiary alicyclic amines) is 1. The number of nitrogens with zero attached hydrogens (tertiary/aromatic N) is 4. The number of amides is 1. The van der Waals surface area contributed by atoms with Crippen molar-refractivity contribution in [3.05, 3.63) is 22.8 Å². The maximum Gasteiger partial charge on any atom is 0.255 e. The first-order valence-corrected chi connectivity index (χ1v) is 10.4. The van der Waals surface area contributed by atoms with Crippen molar-refractivity contribution in [2.24, 2.45) is 0 Å². The van der Waals surface area contributed by atoms with Crippen molar-refractivity contribution in [3.63, 3.8) is 0 Å². The van der Waals surface area contributed by atoms with Gasteiger partial charge in [-0.15, -0.1) is 10.2 Å². The smallest absolute Gasteiger partial charge is 0.255 e. The third kappa shape index (κ3) is 5.06. The lowest BCUT2D eigenvalue weighted by Crippen LogP contribution is -2.35. The Morgan fingerprint density at radius 1 is 1.38 bits per heavy atom. The summed E-state index contributed by atoms with van der Waals surface area (Å²) in [5.41, 5.74) is 0.528. The SMILES string of the molecule is COCCNc1nnc(Sc2ncc(C(=O)N3CCCCC3)cc2Cl)s1. The van der Waals surface area contributed by atoms with Crippen molar-refractivity contribution in [1.29, 1.82) is 0 Å². The van der Waals surface area contributed by atoms with Gasteiger partial charge in [0.2, 0.25) is 5.13 Å². The van der Waals surface area contributed by atoms with Crippen molar-refractivity contribution < 1.29 is 9.53 Å².